The zero-order valence-electron chi connectivity index (χ0n) is 15.5. The van der Waals surface area contributed by atoms with E-state index in [-0.39, 0.29) is 11.8 Å². The second-order valence-corrected chi connectivity index (χ2v) is 8.25. The van der Waals surface area contributed by atoms with Crippen molar-refractivity contribution in [2.24, 2.45) is 11.1 Å². The van der Waals surface area contributed by atoms with Gasteiger partial charge in [-0.3, -0.25) is 9.59 Å². The van der Waals surface area contributed by atoms with E-state index in [9.17, 15) is 9.59 Å². The lowest BCUT2D eigenvalue weighted by molar-refractivity contribution is -0.126. The van der Waals surface area contributed by atoms with Gasteiger partial charge in [0.2, 0.25) is 5.91 Å². The zero-order valence-corrected chi connectivity index (χ0v) is 16.3. The summed E-state index contributed by atoms with van der Waals surface area (Å²) in [5, 5.41) is 2.05. The van der Waals surface area contributed by atoms with E-state index in [1.54, 1.807) is 28.4 Å². The third-order valence-corrected chi connectivity index (χ3v) is 6.42. The lowest BCUT2D eigenvalue weighted by Crippen LogP contribution is -2.42. The van der Waals surface area contributed by atoms with E-state index in [1.165, 1.54) is 4.88 Å². The average Bonchev–Trinajstić information content (AvgIpc) is 3.40. The van der Waals surface area contributed by atoms with Crippen LogP contribution in [0.3, 0.4) is 0 Å². The highest BCUT2D eigenvalue weighted by Gasteiger charge is 2.45. The molecule has 2 heterocycles. The minimum Gasteiger partial charge on any atom is -0.369 e. The van der Waals surface area contributed by atoms with Gasteiger partial charge < -0.3 is 10.6 Å². The summed E-state index contributed by atoms with van der Waals surface area (Å²) in [5.41, 5.74) is 8.00. The molecule has 2 amide bonds. The number of carbonyl (C=O) groups excluding carboxylic acids is 2. The molecule has 1 aromatic heterocycles. The number of rotatable bonds is 5. The number of thiophene rings is 1. The number of nitrogens with zero attached hydrogens (tertiary/aromatic N) is 1. The molecule has 142 valence electrons. The molecule has 1 aliphatic heterocycles. The first-order valence-electron chi connectivity index (χ1n) is 9.35. The SMILES string of the molecule is NC(=O)C1(Cc2ccccc2-c2cccs2)CCN(C(=O)c2ccccc2)C1. The fraction of sp³-hybridized carbons (Fsp3) is 0.217. The summed E-state index contributed by atoms with van der Waals surface area (Å²) in [7, 11) is 0. The molecule has 28 heavy (non-hydrogen) atoms. The standard InChI is InChI=1S/C23H22N2O2S/c24-22(27)23(12-13-25(16-23)21(26)17-7-2-1-3-8-17)15-18-9-4-5-10-19(18)20-11-6-14-28-20/h1-11,14H,12-13,15-16H2,(H2,24,27). The molecule has 2 N–H and O–H groups in total. The normalized spacial score (nSPS) is 18.9. The van der Waals surface area contributed by atoms with E-state index in [0.29, 0.717) is 31.5 Å². The van der Waals surface area contributed by atoms with Crippen LogP contribution in [0.2, 0.25) is 0 Å². The van der Waals surface area contributed by atoms with E-state index < -0.39 is 5.41 Å². The number of hydrogen-bond acceptors (Lipinski definition) is 3. The van der Waals surface area contributed by atoms with Crippen LogP contribution in [0.5, 0.6) is 0 Å². The number of amides is 2. The smallest absolute Gasteiger partial charge is 0.253 e. The van der Waals surface area contributed by atoms with Crippen molar-refractivity contribution in [3.63, 3.8) is 0 Å². The van der Waals surface area contributed by atoms with Crippen LogP contribution in [0, 0.1) is 5.41 Å². The Morgan fingerprint density at radius 2 is 1.75 bits per heavy atom. The molecule has 5 heteroatoms. The number of hydrogen-bond donors (Lipinski definition) is 1. The highest BCUT2D eigenvalue weighted by atomic mass is 32.1. The molecule has 4 nitrogen and oxygen atoms in total. The maximum atomic E-state index is 12.8. The molecule has 3 aromatic rings. The van der Waals surface area contributed by atoms with Gasteiger partial charge in [-0.1, -0.05) is 48.5 Å². The lowest BCUT2D eigenvalue weighted by Gasteiger charge is -2.27. The number of primary amides is 1. The van der Waals surface area contributed by atoms with E-state index in [0.717, 1.165) is 11.1 Å². The van der Waals surface area contributed by atoms with Gasteiger partial charge in [-0.2, -0.15) is 0 Å². The Labute approximate surface area is 168 Å². The molecule has 1 atom stereocenters. The molecule has 1 aliphatic rings. The molecular weight excluding hydrogens is 368 g/mol. The second kappa shape index (κ2) is 7.60. The molecule has 1 saturated heterocycles. The van der Waals surface area contributed by atoms with Crippen molar-refractivity contribution < 1.29 is 9.59 Å². The van der Waals surface area contributed by atoms with Gasteiger partial charge in [0.1, 0.15) is 0 Å². The minimum atomic E-state index is -0.738. The summed E-state index contributed by atoms with van der Waals surface area (Å²) in [5.74, 6) is -0.382. The molecule has 0 bridgehead atoms. The third-order valence-electron chi connectivity index (χ3n) is 5.52. The fourth-order valence-electron chi connectivity index (χ4n) is 3.95. The Kier molecular flexibility index (Phi) is 5.01. The molecule has 2 aromatic carbocycles. The van der Waals surface area contributed by atoms with Crippen LogP contribution in [0.4, 0.5) is 0 Å². The van der Waals surface area contributed by atoms with Crippen LogP contribution in [-0.2, 0) is 11.2 Å². The predicted molar refractivity (Wildman–Crippen MR) is 112 cm³/mol. The van der Waals surface area contributed by atoms with Crippen molar-refractivity contribution in [1.82, 2.24) is 4.90 Å². The van der Waals surface area contributed by atoms with Crippen molar-refractivity contribution in [3.8, 4) is 10.4 Å². The highest BCUT2D eigenvalue weighted by Crippen LogP contribution is 2.38. The molecule has 1 unspecified atom stereocenters. The number of likely N-dealkylation sites (tertiary alicyclic amines) is 1. The van der Waals surface area contributed by atoms with Crippen LogP contribution in [-0.4, -0.2) is 29.8 Å². The minimum absolute atomic E-state index is 0.0460. The number of benzene rings is 2. The van der Waals surface area contributed by atoms with Gasteiger partial charge in [-0.15, -0.1) is 11.3 Å². The van der Waals surface area contributed by atoms with Crippen LogP contribution >= 0.6 is 11.3 Å². The lowest BCUT2D eigenvalue weighted by atomic mass is 9.79. The first kappa shape index (κ1) is 18.4. The van der Waals surface area contributed by atoms with E-state index in [1.807, 2.05) is 41.8 Å². The largest absolute Gasteiger partial charge is 0.369 e. The summed E-state index contributed by atoms with van der Waals surface area (Å²) in [6.07, 6.45) is 1.12. The molecule has 0 saturated carbocycles. The van der Waals surface area contributed by atoms with Crippen LogP contribution in [0.1, 0.15) is 22.3 Å². The Bertz CT molecular complexity index is 985. The van der Waals surface area contributed by atoms with Crippen molar-refractivity contribution in [1.29, 1.82) is 0 Å². The second-order valence-electron chi connectivity index (χ2n) is 7.30. The molecule has 0 spiro atoms. The molecular formula is C23H22N2O2S. The van der Waals surface area contributed by atoms with Crippen LogP contribution < -0.4 is 5.73 Å². The Balaban J connectivity index is 1.61. The van der Waals surface area contributed by atoms with Crippen molar-refractivity contribution in [2.75, 3.05) is 13.1 Å². The van der Waals surface area contributed by atoms with Gasteiger partial charge in [0.25, 0.3) is 5.91 Å². The van der Waals surface area contributed by atoms with Gasteiger partial charge in [-0.25, -0.2) is 0 Å². The summed E-state index contributed by atoms with van der Waals surface area (Å²) < 4.78 is 0. The summed E-state index contributed by atoms with van der Waals surface area (Å²) in [6, 6.07) is 21.4. The summed E-state index contributed by atoms with van der Waals surface area (Å²) in [4.78, 5) is 28.3. The van der Waals surface area contributed by atoms with Gasteiger partial charge >= 0.3 is 0 Å². The molecule has 1 fully saturated rings. The van der Waals surface area contributed by atoms with Gasteiger partial charge in [0.05, 0.1) is 5.41 Å². The maximum Gasteiger partial charge on any atom is 0.253 e. The number of nitrogens with two attached hydrogens (primary N) is 1. The van der Waals surface area contributed by atoms with Crippen LogP contribution in [0.25, 0.3) is 10.4 Å². The third kappa shape index (κ3) is 3.45. The Hall–Kier alpha value is -2.92. The summed E-state index contributed by atoms with van der Waals surface area (Å²) >= 11 is 1.68. The van der Waals surface area contributed by atoms with Crippen LogP contribution in [0.15, 0.2) is 72.1 Å². The van der Waals surface area contributed by atoms with Gasteiger partial charge in [0.15, 0.2) is 0 Å². The maximum absolute atomic E-state index is 12.8. The zero-order chi connectivity index (χ0) is 19.6. The van der Waals surface area contributed by atoms with Crippen molar-refractivity contribution in [3.05, 3.63) is 83.2 Å². The first-order chi connectivity index (χ1) is 13.6. The fourth-order valence-corrected chi connectivity index (χ4v) is 4.74. The van der Waals surface area contributed by atoms with E-state index >= 15 is 0 Å². The molecule has 0 aliphatic carbocycles. The predicted octanol–water partition coefficient (Wildman–Crippen LogP) is 3.98. The quantitative estimate of drug-likeness (QED) is 0.716. The molecule has 4 rings (SSSR count). The van der Waals surface area contributed by atoms with Crippen molar-refractivity contribution in [2.45, 2.75) is 12.8 Å². The Morgan fingerprint density at radius 1 is 1.00 bits per heavy atom. The van der Waals surface area contributed by atoms with Gasteiger partial charge in [-0.05, 0) is 47.5 Å². The molecule has 0 radical (unpaired) electrons. The summed E-state index contributed by atoms with van der Waals surface area (Å²) in [6.45, 7) is 0.896. The van der Waals surface area contributed by atoms with Gasteiger partial charge in [0, 0.05) is 23.5 Å². The monoisotopic (exact) mass is 390 g/mol. The highest BCUT2D eigenvalue weighted by molar-refractivity contribution is 7.13. The van der Waals surface area contributed by atoms with Crippen molar-refractivity contribution >= 4 is 23.2 Å². The number of carbonyl (C=O) groups is 2. The van der Waals surface area contributed by atoms with E-state index in [4.69, 9.17) is 5.73 Å². The Morgan fingerprint density at radius 3 is 2.46 bits per heavy atom. The van der Waals surface area contributed by atoms with E-state index in [2.05, 4.69) is 18.2 Å². The topological polar surface area (TPSA) is 63.4 Å². The first-order valence-corrected chi connectivity index (χ1v) is 10.2. The average molecular weight is 391 g/mol.